The molecule has 2 rings (SSSR count). The zero-order valence-corrected chi connectivity index (χ0v) is 10.8. The lowest BCUT2D eigenvalue weighted by molar-refractivity contribution is 0.430. The molecule has 1 heterocycles. The number of amidine groups is 1. The van der Waals surface area contributed by atoms with Gasteiger partial charge in [0.1, 0.15) is 17.6 Å². The van der Waals surface area contributed by atoms with Crippen LogP contribution in [0.5, 0.6) is 0 Å². The van der Waals surface area contributed by atoms with Gasteiger partial charge in [0.05, 0.1) is 5.84 Å². The Bertz CT molecular complexity index is 389. The van der Waals surface area contributed by atoms with Gasteiger partial charge in [0.15, 0.2) is 0 Å². The van der Waals surface area contributed by atoms with E-state index in [1.807, 2.05) is 26.0 Å². The molecule has 0 saturated heterocycles. The van der Waals surface area contributed by atoms with Crippen molar-refractivity contribution in [2.45, 2.75) is 52.0 Å². The minimum absolute atomic E-state index is 0.0330. The highest BCUT2D eigenvalue weighted by Gasteiger charge is 2.18. The van der Waals surface area contributed by atoms with Crippen molar-refractivity contribution in [1.82, 2.24) is 0 Å². The first-order chi connectivity index (χ1) is 8.16. The molecule has 0 radical (unpaired) electrons. The Hall–Kier alpha value is -1.25. The third-order valence-corrected chi connectivity index (χ3v) is 3.54. The van der Waals surface area contributed by atoms with Gasteiger partial charge in [-0.2, -0.15) is 0 Å². The van der Waals surface area contributed by atoms with Crippen LogP contribution in [0.15, 0.2) is 21.5 Å². The van der Waals surface area contributed by atoms with Crippen molar-refractivity contribution in [2.75, 3.05) is 0 Å². The lowest BCUT2D eigenvalue weighted by Crippen LogP contribution is -2.26. The summed E-state index contributed by atoms with van der Waals surface area (Å²) < 4.78 is 5.57. The highest BCUT2D eigenvalue weighted by molar-refractivity contribution is 5.83. The number of nitrogens with zero attached hydrogens (tertiary/aromatic N) is 1. The van der Waals surface area contributed by atoms with Crippen molar-refractivity contribution in [3.8, 4) is 0 Å². The molecule has 17 heavy (non-hydrogen) atoms. The van der Waals surface area contributed by atoms with Crippen LogP contribution in [0.25, 0.3) is 0 Å². The van der Waals surface area contributed by atoms with Gasteiger partial charge in [-0.1, -0.05) is 19.3 Å². The predicted octanol–water partition coefficient (Wildman–Crippen LogP) is 3.59. The quantitative estimate of drug-likeness (QED) is 0.642. The van der Waals surface area contributed by atoms with E-state index in [4.69, 9.17) is 10.2 Å². The van der Waals surface area contributed by atoms with Crippen molar-refractivity contribution < 1.29 is 4.42 Å². The summed E-state index contributed by atoms with van der Waals surface area (Å²) in [7, 11) is 0. The first kappa shape index (κ1) is 12.2. The third kappa shape index (κ3) is 3.11. The van der Waals surface area contributed by atoms with E-state index in [2.05, 4.69) is 4.99 Å². The fraction of sp³-hybridized carbons (Fsp3) is 0.643. The van der Waals surface area contributed by atoms with Crippen LogP contribution >= 0.6 is 0 Å². The van der Waals surface area contributed by atoms with Crippen LogP contribution in [0, 0.1) is 12.8 Å². The molecule has 0 bridgehead atoms. The van der Waals surface area contributed by atoms with Crippen LogP contribution in [0.4, 0.5) is 0 Å². The Labute approximate surface area is 103 Å². The van der Waals surface area contributed by atoms with Crippen LogP contribution in [0.3, 0.4) is 0 Å². The SMILES string of the molecule is Cc1ccc(C(C)N=C(N)C2CCCCC2)o1. The van der Waals surface area contributed by atoms with Gasteiger partial charge in [0.2, 0.25) is 0 Å². The molecule has 0 aromatic carbocycles. The maximum atomic E-state index is 6.10. The lowest BCUT2D eigenvalue weighted by Gasteiger charge is -2.21. The number of nitrogens with two attached hydrogens (primary N) is 1. The van der Waals surface area contributed by atoms with Crippen molar-refractivity contribution in [3.63, 3.8) is 0 Å². The summed E-state index contributed by atoms with van der Waals surface area (Å²) in [5.41, 5.74) is 6.10. The first-order valence-electron chi connectivity index (χ1n) is 6.56. The number of furan rings is 1. The smallest absolute Gasteiger partial charge is 0.128 e. The number of hydrogen-bond donors (Lipinski definition) is 1. The van der Waals surface area contributed by atoms with Crippen molar-refractivity contribution in [3.05, 3.63) is 23.7 Å². The molecule has 0 spiro atoms. The Morgan fingerprint density at radius 1 is 1.35 bits per heavy atom. The predicted molar refractivity (Wildman–Crippen MR) is 70.1 cm³/mol. The summed E-state index contributed by atoms with van der Waals surface area (Å²) in [5.74, 6) is 3.13. The Kier molecular flexibility index (Phi) is 3.87. The normalized spacial score (nSPS) is 20.5. The fourth-order valence-corrected chi connectivity index (χ4v) is 2.47. The number of rotatable bonds is 3. The zero-order chi connectivity index (χ0) is 12.3. The molecule has 1 aliphatic rings. The second kappa shape index (κ2) is 5.39. The van der Waals surface area contributed by atoms with E-state index in [1.54, 1.807) is 0 Å². The minimum Gasteiger partial charge on any atom is -0.464 e. The van der Waals surface area contributed by atoms with E-state index in [0.717, 1.165) is 17.4 Å². The maximum absolute atomic E-state index is 6.10. The summed E-state index contributed by atoms with van der Waals surface area (Å²) in [6.45, 7) is 3.98. The summed E-state index contributed by atoms with van der Waals surface area (Å²) in [6, 6.07) is 3.99. The number of hydrogen-bond acceptors (Lipinski definition) is 2. The Morgan fingerprint density at radius 3 is 2.65 bits per heavy atom. The molecule has 1 aromatic heterocycles. The molecule has 94 valence electrons. The molecule has 3 nitrogen and oxygen atoms in total. The van der Waals surface area contributed by atoms with Gasteiger partial charge in [0.25, 0.3) is 0 Å². The van der Waals surface area contributed by atoms with Crippen LogP contribution in [0.1, 0.15) is 56.6 Å². The highest BCUT2D eigenvalue weighted by atomic mass is 16.3. The molecule has 0 amide bonds. The molecule has 3 heteroatoms. The largest absolute Gasteiger partial charge is 0.464 e. The molecular formula is C14H22N2O. The average Bonchev–Trinajstić information content (AvgIpc) is 2.77. The minimum atomic E-state index is 0.0330. The molecule has 1 unspecified atom stereocenters. The average molecular weight is 234 g/mol. The fourth-order valence-electron chi connectivity index (χ4n) is 2.47. The standard InChI is InChI=1S/C14H22N2O/c1-10-8-9-13(17-10)11(2)16-14(15)12-6-4-3-5-7-12/h8-9,11-12H,3-7H2,1-2H3,(H2,15,16). The second-order valence-electron chi connectivity index (χ2n) is 5.01. The Balaban J connectivity index is 2.02. The first-order valence-corrected chi connectivity index (χ1v) is 6.56. The zero-order valence-electron chi connectivity index (χ0n) is 10.8. The van der Waals surface area contributed by atoms with E-state index >= 15 is 0 Å². The van der Waals surface area contributed by atoms with Crippen LogP contribution in [0.2, 0.25) is 0 Å². The molecule has 1 aliphatic carbocycles. The number of aryl methyl sites for hydroxylation is 1. The maximum Gasteiger partial charge on any atom is 0.128 e. The topological polar surface area (TPSA) is 51.5 Å². The van der Waals surface area contributed by atoms with Crippen molar-refractivity contribution in [1.29, 1.82) is 0 Å². The van der Waals surface area contributed by atoms with Gasteiger partial charge in [-0.15, -0.1) is 0 Å². The van der Waals surface area contributed by atoms with Gasteiger partial charge in [-0.25, -0.2) is 0 Å². The molecule has 1 saturated carbocycles. The molecule has 1 fully saturated rings. The van der Waals surface area contributed by atoms with E-state index < -0.39 is 0 Å². The van der Waals surface area contributed by atoms with E-state index in [0.29, 0.717) is 5.92 Å². The van der Waals surface area contributed by atoms with Gasteiger partial charge in [-0.05, 0) is 38.8 Å². The van der Waals surface area contributed by atoms with E-state index in [1.165, 1.54) is 32.1 Å². The summed E-state index contributed by atoms with van der Waals surface area (Å²) >= 11 is 0. The van der Waals surface area contributed by atoms with Crippen LogP contribution in [-0.2, 0) is 0 Å². The third-order valence-electron chi connectivity index (χ3n) is 3.54. The van der Waals surface area contributed by atoms with Crippen LogP contribution < -0.4 is 5.73 Å². The van der Waals surface area contributed by atoms with Gasteiger partial charge >= 0.3 is 0 Å². The monoisotopic (exact) mass is 234 g/mol. The van der Waals surface area contributed by atoms with Crippen molar-refractivity contribution >= 4 is 5.84 Å². The molecule has 2 N–H and O–H groups in total. The van der Waals surface area contributed by atoms with Gasteiger partial charge < -0.3 is 10.2 Å². The molecule has 1 atom stereocenters. The Morgan fingerprint density at radius 2 is 2.06 bits per heavy atom. The van der Waals surface area contributed by atoms with E-state index in [9.17, 15) is 0 Å². The van der Waals surface area contributed by atoms with Crippen LogP contribution in [-0.4, -0.2) is 5.84 Å². The second-order valence-corrected chi connectivity index (χ2v) is 5.01. The molecule has 0 aliphatic heterocycles. The lowest BCUT2D eigenvalue weighted by atomic mass is 9.88. The van der Waals surface area contributed by atoms with Gasteiger partial charge in [0, 0.05) is 5.92 Å². The summed E-state index contributed by atoms with van der Waals surface area (Å²) in [4.78, 5) is 4.58. The van der Waals surface area contributed by atoms with Gasteiger partial charge in [-0.3, -0.25) is 4.99 Å². The van der Waals surface area contributed by atoms with Crippen molar-refractivity contribution in [2.24, 2.45) is 16.6 Å². The summed E-state index contributed by atoms with van der Waals surface area (Å²) in [5, 5.41) is 0. The highest BCUT2D eigenvalue weighted by Crippen LogP contribution is 2.26. The number of aliphatic imine (C=N–C) groups is 1. The van der Waals surface area contributed by atoms with E-state index in [-0.39, 0.29) is 6.04 Å². The molecular weight excluding hydrogens is 212 g/mol. The summed E-state index contributed by atoms with van der Waals surface area (Å²) in [6.07, 6.45) is 6.30. The molecule has 1 aromatic rings.